The maximum absolute atomic E-state index is 13.9. The smallest absolute Gasteiger partial charge is 0.264 e. The molecule has 0 spiro atoms. The number of carbonyl (C=O) groups excluding carboxylic acids is 1. The van der Waals surface area contributed by atoms with Crippen LogP contribution in [-0.2, 0) is 14.8 Å². The topological polar surface area (TPSA) is 94.2 Å². The number of hydrogen-bond acceptors (Lipinski definition) is 6. The van der Waals surface area contributed by atoms with E-state index in [4.69, 9.17) is 14.2 Å². The molecular formula is C29H34N2O6S. The Bertz CT molecular complexity index is 1370. The normalized spacial score (nSPS) is 16.1. The molecule has 0 bridgehead atoms. The number of para-hydroxylation sites is 2. The average molecular weight is 539 g/mol. The lowest BCUT2D eigenvalue weighted by Gasteiger charge is -2.41. The molecule has 0 radical (unpaired) electrons. The summed E-state index contributed by atoms with van der Waals surface area (Å²) in [5.41, 5.74) is 0.852. The lowest BCUT2D eigenvalue weighted by molar-refractivity contribution is -0.121. The van der Waals surface area contributed by atoms with Crippen LogP contribution in [0.25, 0.3) is 0 Å². The van der Waals surface area contributed by atoms with Crippen LogP contribution in [0, 0.1) is 0 Å². The molecule has 1 atom stereocenters. The second-order valence-electron chi connectivity index (χ2n) is 9.22. The minimum atomic E-state index is -4.13. The summed E-state index contributed by atoms with van der Waals surface area (Å²) in [5, 5.41) is 3.09. The number of fused-ring (bicyclic) bond motifs is 1. The van der Waals surface area contributed by atoms with E-state index in [0.29, 0.717) is 17.9 Å². The van der Waals surface area contributed by atoms with Crippen molar-refractivity contribution in [3.63, 3.8) is 0 Å². The van der Waals surface area contributed by atoms with Crippen molar-refractivity contribution in [2.75, 3.05) is 25.1 Å². The van der Waals surface area contributed by atoms with Gasteiger partial charge in [0.15, 0.2) is 11.5 Å². The zero-order valence-corrected chi connectivity index (χ0v) is 23.0. The molecule has 38 heavy (non-hydrogen) atoms. The van der Waals surface area contributed by atoms with Crippen molar-refractivity contribution < 1.29 is 27.4 Å². The van der Waals surface area contributed by atoms with Gasteiger partial charge in [-0.1, -0.05) is 50.2 Å². The number of rotatable bonds is 10. The van der Waals surface area contributed by atoms with Crippen LogP contribution >= 0.6 is 0 Å². The molecule has 1 unspecified atom stereocenters. The minimum Gasteiger partial charge on any atom is -0.493 e. The highest BCUT2D eigenvalue weighted by Gasteiger charge is 2.39. The van der Waals surface area contributed by atoms with Crippen molar-refractivity contribution in [1.29, 1.82) is 0 Å². The zero-order valence-electron chi connectivity index (χ0n) is 22.1. The number of carbonyl (C=O) groups is 1. The SMILES string of the molecule is CCC1(CC)CC(NC(=O)CN(c2ccccc2)S(=O)(=O)c2ccc(OC)c(OC)c2)c2ccccc2O1. The molecule has 1 aliphatic heterocycles. The Morgan fingerprint density at radius 2 is 1.63 bits per heavy atom. The van der Waals surface area contributed by atoms with Crippen LogP contribution < -0.4 is 23.8 Å². The Morgan fingerprint density at radius 3 is 2.29 bits per heavy atom. The predicted octanol–water partition coefficient (Wildman–Crippen LogP) is 5.10. The molecule has 0 saturated heterocycles. The molecule has 202 valence electrons. The molecule has 1 heterocycles. The highest BCUT2D eigenvalue weighted by Crippen LogP contribution is 2.42. The summed E-state index contributed by atoms with van der Waals surface area (Å²) in [6.07, 6.45) is 2.17. The lowest BCUT2D eigenvalue weighted by atomic mass is 9.83. The Kier molecular flexibility index (Phi) is 8.16. The van der Waals surface area contributed by atoms with Gasteiger partial charge < -0.3 is 19.5 Å². The van der Waals surface area contributed by atoms with Gasteiger partial charge in [0.2, 0.25) is 5.91 Å². The summed E-state index contributed by atoms with van der Waals surface area (Å²) >= 11 is 0. The first-order valence-corrected chi connectivity index (χ1v) is 14.1. The third-order valence-corrected chi connectivity index (χ3v) is 8.87. The van der Waals surface area contributed by atoms with Gasteiger partial charge in [0.25, 0.3) is 10.0 Å². The summed E-state index contributed by atoms with van der Waals surface area (Å²) in [6, 6.07) is 20.3. The number of benzene rings is 3. The summed E-state index contributed by atoms with van der Waals surface area (Å²) in [7, 11) is -1.21. The van der Waals surface area contributed by atoms with Crippen LogP contribution in [0.2, 0.25) is 0 Å². The Balaban J connectivity index is 1.66. The van der Waals surface area contributed by atoms with E-state index < -0.39 is 28.1 Å². The zero-order chi connectivity index (χ0) is 27.3. The molecule has 0 saturated carbocycles. The Hall–Kier alpha value is -3.72. The second-order valence-corrected chi connectivity index (χ2v) is 11.1. The number of amides is 1. The summed E-state index contributed by atoms with van der Waals surface area (Å²) < 4.78 is 45.7. The van der Waals surface area contributed by atoms with Gasteiger partial charge in [0.05, 0.1) is 30.8 Å². The summed E-state index contributed by atoms with van der Waals surface area (Å²) in [5.74, 6) is 1.01. The van der Waals surface area contributed by atoms with Gasteiger partial charge in [-0.25, -0.2) is 8.42 Å². The number of anilines is 1. The number of nitrogens with one attached hydrogen (secondary N) is 1. The molecule has 0 aromatic heterocycles. The molecule has 3 aromatic rings. The first kappa shape index (κ1) is 27.3. The van der Waals surface area contributed by atoms with Crippen molar-refractivity contribution in [3.05, 3.63) is 78.4 Å². The van der Waals surface area contributed by atoms with Crippen LogP contribution in [0.15, 0.2) is 77.7 Å². The maximum Gasteiger partial charge on any atom is 0.264 e. The molecular weight excluding hydrogens is 504 g/mol. The first-order chi connectivity index (χ1) is 18.3. The average Bonchev–Trinajstić information content (AvgIpc) is 2.95. The quantitative estimate of drug-likeness (QED) is 0.386. The standard InChI is InChI=1S/C29H34N2O6S/c1-5-29(6-2)19-24(23-14-10-11-15-25(23)37-29)30-28(32)20-31(21-12-8-7-9-13-21)38(33,34)22-16-17-26(35-3)27(18-22)36-4/h7-18,24H,5-6,19-20H2,1-4H3,(H,30,32). The van der Waals surface area contributed by atoms with Crippen molar-refractivity contribution in [1.82, 2.24) is 5.32 Å². The third kappa shape index (κ3) is 5.43. The fourth-order valence-electron chi connectivity index (χ4n) is 4.81. The van der Waals surface area contributed by atoms with E-state index in [1.165, 1.54) is 32.4 Å². The van der Waals surface area contributed by atoms with Gasteiger partial charge in [-0.05, 0) is 43.2 Å². The predicted molar refractivity (Wildman–Crippen MR) is 146 cm³/mol. The van der Waals surface area contributed by atoms with E-state index in [0.717, 1.165) is 28.5 Å². The van der Waals surface area contributed by atoms with Crippen LogP contribution in [0.3, 0.4) is 0 Å². The minimum absolute atomic E-state index is 0.0146. The van der Waals surface area contributed by atoms with E-state index in [9.17, 15) is 13.2 Å². The van der Waals surface area contributed by atoms with E-state index in [-0.39, 0.29) is 16.7 Å². The van der Waals surface area contributed by atoms with Gasteiger partial charge >= 0.3 is 0 Å². The van der Waals surface area contributed by atoms with E-state index in [2.05, 4.69) is 19.2 Å². The summed E-state index contributed by atoms with van der Waals surface area (Å²) in [6.45, 7) is 3.75. The molecule has 0 fully saturated rings. The molecule has 1 amide bonds. The molecule has 1 N–H and O–H groups in total. The highest BCUT2D eigenvalue weighted by atomic mass is 32.2. The maximum atomic E-state index is 13.9. The molecule has 3 aromatic carbocycles. The highest BCUT2D eigenvalue weighted by molar-refractivity contribution is 7.92. The van der Waals surface area contributed by atoms with Gasteiger partial charge in [-0.15, -0.1) is 0 Å². The van der Waals surface area contributed by atoms with Gasteiger partial charge in [0.1, 0.15) is 17.9 Å². The number of ether oxygens (including phenoxy) is 3. The number of sulfonamides is 1. The van der Waals surface area contributed by atoms with Crippen molar-refractivity contribution in [2.45, 2.75) is 49.6 Å². The summed E-state index contributed by atoms with van der Waals surface area (Å²) in [4.78, 5) is 13.5. The van der Waals surface area contributed by atoms with Crippen molar-refractivity contribution in [3.8, 4) is 17.2 Å². The second kappa shape index (κ2) is 11.3. The van der Waals surface area contributed by atoms with Crippen LogP contribution in [0.5, 0.6) is 17.2 Å². The van der Waals surface area contributed by atoms with Crippen LogP contribution in [-0.4, -0.2) is 40.7 Å². The molecule has 8 nitrogen and oxygen atoms in total. The third-order valence-electron chi connectivity index (χ3n) is 7.10. The van der Waals surface area contributed by atoms with E-state index in [1.807, 2.05) is 24.3 Å². The number of hydrogen-bond donors (Lipinski definition) is 1. The molecule has 4 rings (SSSR count). The number of nitrogens with zero attached hydrogens (tertiary/aromatic N) is 1. The van der Waals surface area contributed by atoms with Gasteiger partial charge in [0, 0.05) is 18.1 Å². The lowest BCUT2D eigenvalue weighted by Crippen LogP contribution is -2.47. The van der Waals surface area contributed by atoms with Crippen LogP contribution in [0.1, 0.15) is 44.7 Å². The van der Waals surface area contributed by atoms with Crippen LogP contribution in [0.4, 0.5) is 5.69 Å². The first-order valence-electron chi connectivity index (χ1n) is 12.6. The Morgan fingerprint density at radius 1 is 0.974 bits per heavy atom. The van der Waals surface area contributed by atoms with Crippen molar-refractivity contribution in [2.24, 2.45) is 0 Å². The Labute approximate surface area is 224 Å². The van der Waals surface area contributed by atoms with Crippen molar-refractivity contribution >= 4 is 21.6 Å². The fourth-order valence-corrected chi connectivity index (χ4v) is 6.25. The molecule has 1 aliphatic rings. The van der Waals surface area contributed by atoms with E-state index in [1.54, 1.807) is 30.3 Å². The van der Waals surface area contributed by atoms with E-state index >= 15 is 0 Å². The monoisotopic (exact) mass is 538 g/mol. The molecule has 9 heteroatoms. The molecule has 0 aliphatic carbocycles. The van der Waals surface area contributed by atoms with Gasteiger partial charge in [-0.3, -0.25) is 9.10 Å². The fraction of sp³-hybridized carbons (Fsp3) is 0.345. The van der Waals surface area contributed by atoms with Gasteiger partial charge in [-0.2, -0.15) is 0 Å². The largest absolute Gasteiger partial charge is 0.493 e. The number of methoxy groups -OCH3 is 2.